The summed E-state index contributed by atoms with van der Waals surface area (Å²) >= 11 is 0. The van der Waals surface area contributed by atoms with Crippen LogP contribution in [0.4, 0.5) is 5.69 Å². The van der Waals surface area contributed by atoms with E-state index in [2.05, 4.69) is 0 Å². The molecule has 0 amide bonds. The quantitative estimate of drug-likeness (QED) is 0.839. The molecule has 0 aliphatic carbocycles. The third-order valence-corrected chi connectivity index (χ3v) is 3.84. The zero-order chi connectivity index (χ0) is 15.6. The fourth-order valence-corrected chi connectivity index (χ4v) is 2.43. The number of nitriles is 1. The molecule has 4 N–H and O–H groups in total. The minimum atomic E-state index is -3.93. The van der Waals surface area contributed by atoms with E-state index in [4.69, 9.17) is 20.9 Å². The number of primary sulfonamides is 1. The average Bonchev–Trinajstić information content (AvgIpc) is 2.42. The number of hydrogen-bond donors (Lipinski definition) is 2. The van der Waals surface area contributed by atoms with E-state index in [0.29, 0.717) is 11.3 Å². The van der Waals surface area contributed by atoms with Gasteiger partial charge in [0.15, 0.2) is 5.75 Å². The van der Waals surface area contributed by atoms with Crippen LogP contribution < -0.4 is 15.6 Å². The molecule has 2 aromatic rings. The molecule has 0 spiro atoms. The number of rotatable bonds is 3. The maximum atomic E-state index is 11.4. The van der Waals surface area contributed by atoms with Gasteiger partial charge in [0.25, 0.3) is 0 Å². The maximum absolute atomic E-state index is 11.4. The van der Waals surface area contributed by atoms with Crippen LogP contribution in [0, 0.1) is 18.3 Å². The van der Waals surface area contributed by atoms with Crippen molar-refractivity contribution in [3.8, 4) is 17.6 Å². The fourth-order valence-electron chi connectivity index (χ4n) is 1.76. The first-order chi connectivity index (χ1) is 9.82. The summed E-state index contributed by atoms with van der Waals surface area (Å²) in [6.45, 7) is 1.80. The average molecular weight is 303 g/mol. The fraction of sp³-hybridized carbons (Fsp3) is 0.0714. The van der Waals surface area contributed by atoms with Crippen molar-refractivity contribution in [3.05, 3.63) is 47.5 Å². The van der Waals surface area contributed by atoms with E-state index in [1.54, 1.807) is 25.1 Å². The minimum absolute atomic E-state index is 0.0678. The standard InChI is InChI=1S/C14H13N3O3S/c1-9-5-6-10(8-15)7-12(9)20-11-3-2-4-13(14(11)16)21(17,18)19/h2-7H,16H2,1H3,(H2,17,18,19). The number of benzene rings is 2. The summed E-state index contributed by atoms with van der Waals surface area (Å²) in [6.07, 6.45) is 0. The van der Waals surface area contributed by atoms with Crippen molar-refractivity contribution < 1.29 is 13.2 Å². The van der Waals surface area contributed by atoms with Crippen LogP contribution in [0.25, 0.3) is 0 Å². The van der Waals surface area contributed by atoms with Crippen molar-refractivity contribution in [3.63, 3.8) is 0 Å². The molecule has 0 radical (unpaired) electrons. The Morgan fingerprint density at radius 1 is 1.19 bits per heavy atom. The van der Waals surface area contributed by atoms with Gasteiger partial charge in [-0.2, -0.15) is 5.26 Å². The lowest BCUT2D eigenvalue weighted by atomic mass is 10.1. The molecule has 0 aliphatic heterocycles. The van der Waals surface area contributed by atoms with E-state index < -0.39 is 10.0 Å². The van der Waals surface area contributed by atoms with Crippen molar-refractivity contribution >= 4 is 15.7 Å². The Hall–Kier alpha value is -2.56. The summed E-state index contributed by atoms with van der Waals surface area (Å²) in [7, 11) is -3.93. The van der Waals surface area contributed by atoms with Gasteiger partial charge < -0.3 is 10.5 Å². The SMILES string of the molecule is Cc1ccc(C#N)cc1Oc1cccc(S(N)(=O)=O)c1N. The van der Waals surface area contributed by atoms with Crippen molar-refractivity contribution in [2.24, 2.45) is 5.14 Å². The number of para-hydroxylation sites is 1. The number of nitrogen functional groups attached to an aromatic ring is 1. The van der Waals surface area contributed by atoms with E-state index in [1.807, 2.05) is 6.07 Å². The Bertz CT molecular complexity index is 839. The first kappa shape index (κ1) is 14.8. The number of hydrogen-bond acceptors (Lipinski definition) is 5. The second-order valence-electron chi connectivity index (χ2n) is 4.41. The smallest absolute Gasteiger partial charge is 0.240 e. The lowest BCUT2D eigenvalue weighted by Gasteiger charge is -2.12. The molecule has 0 atom stereocenters. The van der Waals surface area contributed by atoms with Gasteiger partial charge in [-0.25, -0.2) is 13.6 Å². The van der Waals surface area contributed by atoms with Crippen LogP contribution in [0.3, 0.4) is 0 Å². The second kappa shape index (κ2) is 5.44. The Morgan fingerprint density at radius 3 is 2.52 bits per heavy atom. The number of nitrogens with zero attached hydrogens (tertiary/aromatic N) is 1. The molecule has 6 nitrogen and oxygen atoms in total. The number of sulfonamides is 1. The van der Waals surface area contributed by atoms with Crippen LogP contribution >= 0.6 is 0 Å². The Balaban J connectivity index is 2.49. The molecule has 0 bridgehead atoms. The Morgan fingerprint density at radius 2 is 1.90 bits per heavy atom. The molecule has 0 saturated heterocycles. The van der Waals surface area contributed by atoms with E-state index in [1.165, 1.54) is 18.2 Å². The summed E-state index contributed by atoms with van der Waals surface area (Å²) in [5, 5.41) is 14.0. The molecular weight excluding hydrogens is 290 g/mol. The highest BCUT2D eigenvalue weighted by atomic mass is 32.2. The summed E-state index contributed by atoms with van der Waals surface area (Å²) in [5.41, 5.74) is 6.94. The summed E-state index contributed by atoms with van der Waals surface area (Å²) in [4.78, 5) is -0.200. The summed E-state index contributed by atoms with van der Waals surface area (Å²) < 4.78 is 28.5. The van der Waals surface area contributed by atoms with E-state index in [-0.39, 0.29) is 16.3 Å². The van der Waals surface area contributed by atoms with Crippen LogP contribution in [-0.2, 0) is 10.0 Å². The highest BCUT2D eigenvalue weighted by Crippen LogP contribution is 2.33. The molecule has 0 aromatic heterocycles. The zero-order valence-corrected chi connectivity index (χ0v) is 12.0. The van der Waals surface area contributed by atoms with Crippen LogP contribution in [0.2, 0.25) is 0 Å². The molecule has 21 heavy (non-hydrogen) atoms. The molecule has 0 heterocycles. The molecule has 108 valence electrons. The zero-order valence-electron chi connectivity index (χ0n) is 11.2. The lowest BCUT2D eigenvalue weighted by molar-refractivity contribution is 0.479. The number of aryl methyl sites for hydroxylation is 1. The predicted octanol–water partition coefficient (Wildman–Crippen LogP) is 1.89. The maximum Gasteiger partial charge on any atom is 0.240 e. The molecule has 0 aliphatic rings. The molecule has 2 rings (SSSR count). The lowest BCUT2D eigenvalue weighted by Crippen LogP contribution is -2.14. The molecule has 0 fully saturated rings. The predicted molar refractivity (Wildman–Crippen MR) is 78.2 cm³/mol. The van der Waals surface area contributed by atoms with Crippen LogP contribution in [0.15, 0.2) is 41.3 Å². The third-order valence-electron chi connectivity index (χ3n) is 2.87. The monoisotopic (exact) mass is 303 g/mol. The van der Waals surface area contributed by atoms with E-state index >= 15 is 0 Å². The van der Waals surface area contributed by atoms with Gasteiger partial charge in [0.1, 0.15) is 10.6 Å². The Labute approximate surface area is 122 Å². The minimum Gasteiger partial charge on any atom is -0.455 e. The van der Waals surface area contributed by atoms with Crippen LogP contribution in [-0.4, -0.2) is 8.42 Å². The summed E-state index contributed by atoms with van der Waals surface area (Å²) in [5.74, 6) is 0.590. The third kappa shape index (κ3) is 3.13. The number of anilines is 1. The molecule has 2 aromatic carbocycles. The van der Waals surface area contributed by atoms with Crippen molar-refractivity contribution in [2.45, 2.75) is 11.8 Å². The second-order valence-corrected chi connectivity index (χ2v) is 5.94. The van der Waals surface area contributed by atoms with Gasteiger partial charge in [-0.1, -0.05) is 12.1 Å². The molecule has 0 unspecified atom stereocenters. The van der Waals surface area contributed by atoms with Gasteiger partial charge >= 0.3 is 0 Å². The van der Waals surface area contributed by atoms with Gasteiger partial charge in [0, 0.05) is 0 Å². The van der Waals surface area contributed by atoms with Crippen molar-refractivity contribution in [2.75, 3.05) is 5.73 Å². The van der Waals surface area contributed by atoms with Gasteiger partial charge in [0.05, 0.1) is 17.3 Å². The first-order valence-electron chi connectivity index (χ1n) is 5.93. The van der Waals surface area contributed by atoms with Crippen LogP contribution in [0.1, 0.15) is 11.1 Å². The van der Waals surface area contributed by atoms with Crippen LogP contribution in [0.5, 0.6) is 11.5 Å². The summed E-state index contributed by atoms with van der Waals surface area (Å²) in [6, 6.07) is 11.3. The van der Waals surface area contributed by atoms with Crippen molar-refractivity contribution in [1.29, 1.82) is 5.26 Å². The topological polar surface area (TPSA) is 119 Å². The number of nitrogens with two attached hydrogens (primary N) is 2. The van der Waals surface area contributed by atoms with Gasteiger partial charge in [-0.15, -0.1) is 0 Å². The van der Waals surface area contributed by atoms with Crippen molar-refractivity contribution in [1.82, 2.24) is 0 Å². The van der Waals surface area contributed by atoms with E-state index in [9.17, 15) is 8.42 Å². The van der Waals surface area contributed by atoms with E-state index in [0.717, 1.165) is 5.56 Å². The molecule has 0 saturated carbocycles. The number of ether oxygens (including phenoxy) is 1. The van der Waals surface area contributed by atoms with Gasteiger partial charge in [-0.05, 0) is 36.8 Å². The molecule has 7 heteroatoms. The normalized spacial score (nSPS) is 10.9. The first-order valence-corrected chi connectivity index (χ1v) is 7.47. The van der Waals surface area contributed by atoms with Gasteiger partial charge in [-0.3, -0.25) is 0 Å². The molecular formula is C14H13N3O3S. The Kier molecular flexibility index (Phi) is 3.84. The highest BCUT2D eigenvalue weighted by molar-refractivity contribution is 7.89. The highest BCUT2D eigenvalue weighted by Gasteiger charge is 2.16. The largest absolute Gasteiger partial charge is 0.455 e. The van der Waals surface area contributed by atoms with Gasteiger partial charge in [0.2, 0.25) is 10.0 Å².